The summed E-state index contributed by atoms with van der Waals surface area (Å²) in [6.07, 6.45) is 0.284. The smallest absolute Gasteiger partial charge is 0.309 e. The molecular formula is C15H15NO2. The van der Waals surface area contributed by atoms with Crippen molar-refractivity contribution in [1.29, 1.82) is 0 Å². The van der Waals surface area contributed by atoms with Gasteiger partial charge in [-0.1, -0.05) is 36.4 Å². The molecule has 0 spiro atoms. The van der Waals surface area contributed by atoms with Gasteiger partial charge in [0.05, 0.1) is 13.5 Å². The fourth-order valence-corrected chi connectivity index (χ4v) is 1.82. The molecule has 2 aromatic rings. The van der Waals surface area contributed by atoms with E-state index in [-0.39, 0.29) is 12.4 Å². The molecule has 0 aliphatic heterocycles. The molecule has 0 saturated heterocycles. The van der Waals surface area contributed by atoms with Gasteiger partial charge in [-0.15, -0.1) is 0 Å². The summed E-state index contributed by atoms with van der Waals surface area (Å²) in [5.74, 6) is -0.236. The van der Waals surface area contributed by atoms with Crippen molar-refractivity contribution in [3.63, 3.8) is 0 Å². The molecular weight excluding hydrogens is 226 g/mol. The van der Waals surface area contributed by atoms with Crippen LogP contribution >= 0.6 is 0 Å². The number of nitrogens with two attached hydrogens (primary N) is 1. The van der Waals surface area contributed by atoms with Crippen LogP contribution in [-0.4, -0.2) is 13.1 Å². The Labute approximate surface area is 106 Å². The summed E-state index contributed by atoms with van der Waals surface area (Å²) in [6, 6.07) is 15.5. The van der Waals surface area contributed by atoms with Crippen molar-refractivity contribution >= 4 is 11.7 Å². The molecule has 92 valence electrons. The van der Waals surface area contributed by atoms with Crippen LogP contribution in [0, 0.1) is 0 Å². The number of anilines is 1. The Hall–Kier alpha value is -2.29. The van der Waals surface area contributed by atoms with Crippen molar-refractivity contribution in [1.82, 2.24) is 0 Å². The van der Waals surface area contributed by atoms with Crippen molar-refractivity contribution in [2.24, 2.45) is 0 Å². The van der Waals surface area contributed by atoms with Crippen LogP contribution in [-0.2, 0) is 16.0 Å². The molecule has 3 heteroatoms. The average molecular weight is 241 g/mol. The first-order valence-corrected chi connectivity index (χ1v) is 5.71. The minimum atomic E-state index is -0.236. The normalized spacial score (nSPS) is 10.1. The van der Waals surface area contributed by atoms with Crippen LogP contribution in [0.25, 0.3) is 11.1 Å². The number of methoxy groups -OCH3 is 1. The van der Waals surface area contributed by atoms with Gasteiger partial charge in [-0.05, 0) is 28.8 Å². The number of hydrogen-bond acceptors (Lipinski definition) is 3. The highest BCUT2D eigenvalue weighted by Crippen LogP contribution is 2.22. The lowest BCUT2D eigenvalue weighted by atomic mass is 10.0. The second kappa shape index (κ2) is 5.36. The zero-order valence-corrected chi connectivity index (χ0v) is 10.2. The summed E-state index contributed by atoms with van der Waals surface area (Å²) < 4.78 is 4.66. The molecule has 0 amide bonds. The molecule has 0 aromatic heterocycles. The summed E-state index contributed by atoms with van der Waals surface area (Å²) in [5.41, 5.74) is 9.51. The van der Waals surface area contributed by atoms with Crippen LogP contribution in [0.4, 0.5) is 5.69 Å². The first kappa shape index (κ1) is 12.2. The summed E-state index contributed by atoms with van der Waals surface area (Å²) in [5, 5.41) is 0. The number of benzene rings is 2. The maximum atomic E-state index is 11.2. The van der Waals surface area contributed by atoms with Gasteiger partial charge in [0.1, 0.15) is 0 Å². The van der Waals surface area contributed by atoms with E-state index in [0.717, 1.165) is 22.4 Å². The van der Waals surface area contributed by atoms with E-state index in [0.29, 0.717) is 0 Å². The maximum Gasteiger partial charge on any atom is 0.309 e. The molecule has 2 N–H and O–H groups in total. The van der Waals surface area contributed by atoms with Gasteiger partial charge in [0.15, 0.2) is 0 Å². The van der Waals surface area contributed by atoms with Crippen LogP contribution in [0.2, 0.25) is 0 Å². The molecule has 0 radical (unpaired) electrons. The molecule has 0 bridgehead atoms. The Morgan fingerprint density at radius 1 is 1.11 bits per heavy atom. The molecule has 0 aliphatic carbocycles. The molecule has 2 aromatic carbocycles. The molecule has 0 saturated carbocycles. The van der Waals surface area contributed by atoms with Gasteiger partial charge < -0.3 is 10.5 Å². The second-order valence-electron chi connectivity index (χ2n) is 4.08. The lowest BCUT2D eigenvalue weighted by molar-refractivity contribution is -0.139. The molecule has 3 nitrogen and oxygen atoms in total. The van der Waals surface area contributed by atoms with Gasteiger partial charge in [-0.25, -0.2) is 0 Å². The van der Waals surface area contributed by atoms with Crippen molar-refractivity contribution in [3.05, 3.63) is 54.1 Å². The molecule has 0 unspecified atom stereocenters. The molecule has 0 heterocycles. The third kappa shape index (κ3) is 2.88. The van der Waals surface area contributed by atoms with Crippen LogP contribution < -0.4 is 5.73 Å². The highest BCUT2D eigenvalue weighted by atomic mass is 16.5. The lowest BCUT2D eigenvalue weighted by Crippen LogP contribution is -2.04. The number of hydrogen-bond donors (Lipinski definition) is 1. The highest BCUT2D eigenvalue weighted by molar-refractivity contribution is 5.74. The van der Waals surface area contributed by atoms with Gasteiger partial charge in [0.2, 0.25) is 0 Å². The molecule has 0 aliphatic rings. The van der Waals surface area contributed by atoms with E-state index in [2.05, 4.69) is 4.74 Å². The number of nitrogen functional groups attached to an aromatic ring is 1. The third-order valence-electron chi connectivity index (χ3n) is 2.72. The molecule has 2 rings (SSSR count). The number of rotatable bonds is 3. The Morgan fingerprint density at radius 3 is 2.44 bits per heavy atom. The van der Waals surface area contributed by atoms with E-state index in [9.17, 15) is 4.79 Å². The fourth-order valence-electron chi connectivity index (χ4n) is 1.82. The van der Waals surface area contributed by atoms with Gasteiger partial charge in [-0.2, -0.15) is 0 Å². The van der Waals surface area contributed by atoms with Gasteiger partial charge in [-0.3, -0.25) is 4.79 Å². The zero-order valence-electron chi connectivity index (χ0n) is 10.2. The number of carbonyl (C=O) groups excluding carboxylic acids is 1. The fraction of sp³-hybridized carbons (Fsp3) is 0.133. The first-order valence-electron chi connectivity index (χ1n) is 5.71. The first-order chi connectivity index (χ1) is 8.69. The average Bonchev–Trinajstić information content (AvgIpc) is 2.39. The van der Waals surface area contributed by atoms with Crippen LogP contribution in [0.1, 0.15) is 5.56 Å². The van der Waals surface area contributed by atoms with E-state index < -0.39 is 0 Å². The highest BCUT2D eigenvalue weighted by Gasteiger charge is 2.04. The van der Waals surface area contributed by atoms with Crippen molar-refractivity contribution in [2.45, 2.75) is 6.42 Å². The third-order valence-corrected chi connectivity index (χ3v) is 2.72. The monoisotopic (exact) mass is 241 g/mol. The predicted molar refractivity (Wildman–Crippen MR) is 72.0 cm³/mol. The van der Waals surface area contributed by atoms with Crippen LogP contribution in [0.3, 0.4) is 0 Å². The SMILES string of the molecule is COC(=O)Cc1cccc(-c2cccc(N)c2)c1. The van der Waals surface area contributed by atoms with E-state index in [1.807, 2.05) is 48.5 Å². The summed E-state index contributed by atoms with van der Waals surface area (Å²) >= 11 is 0. The van der Waals surface area contributed by atoms with E-state index in [1.165, 1.54) is 7.11 Å². The van der Waals surface area contributed by atoms with Gasteiger partial charge in [0, 0.05) is 5.69 Å². The van der Waals surface area contributed by atoms with E-state index in [1.54, 1.807) is 0 Å². The Morgan fingerprint density at radius 2 is 1.78 bits per heavy atom. The molecule has 0 atom stereocenters. The maximum absolute atomic E-state index is 11.2. The summed E-state index contributed by atoms with van der Waals surface area (Å²) in [7, 11) is 1.39. The van der Waals surface area contributed by atoms with Gasteiger partial charge >= 0.3 is 5.97 Å². The van der Waals surface area contributed by atoms with Crippen LogP contribution in [0.15, 0.2) is 48.5 Å². The zero-order chi connectivity index (χ0) is 13.0. The predicted octanol–water partition coefficient (Wildman–Crippen LogP) is 2.65. The van der Waals surface area contributed by atoms with Crippen molar-refractivity contribution < 1.29 is 9.53 Å². The Bertz CT molecular complexity index is 564. The van der Waals surface area contributed by atoms with Crippen molar-refractivity contribution in [2.75, 3.05) is 12.8 Å². The minimum absolute atomic E-state index is 0.236. The molecule has 18 heavy (non-hydrogen) atoms. The topological polar surface area (TPSA) is 52.3 Å². The summed E-state index contributed by atoms with van der Waals surface area (Å²) in [4.78, 5) is 11.2. The largest absolute Gasteiger partial charge is 0.469 e. The van der Waals surface area contributed by atoms with E-state index >= 15 is 0 Å². The quantitative estimate of drug-likeness (QED) is 0.664. The lowest BCUT2D eigenvalue weighted by Gasteiger charge is -2.05. The van der Waals surface area contributed by atoms with E-state index in [4.69, 9.17) is 5.73 Å². The standard InChI is InChI=1S/C15H15NO2/c1-18-15(17)9-11-4-2-5-12(8-11)13-6-3-7-14(16)10-13/h2-8,10H,9,16H2,1H3. The number of carbonyl (C=O) groups is 1. The van der Waals surface area contributed by atoms with Gasteiger partial charge in [0.25, 0.3) is 0 Å². The molecule has 0 fully saturated rings. The van der Waals surface area contributed by atoms with Crippen LogP contribution in [0.5, 0.6) is 0 Å². The number of ether oxygens (including phenoxy) is 1. The Kier molecular flexibility index (Phi) is 3.63. The van der Waals surface area contributed by atoms with Crippen molar-refractivity contribution in [3.8, 4) is 11.1 Å². The number of esters is 1. The minimum Gasteiger partial charge on any atom is -0.469 e. The summed E-state index contributed by atoms with van der Waals surface area (Å²) in [6.45, 7) is 0. The second-order valence-corrected chi connectivity index (χ2v) is 4.08. The Balaban J connectivity index is 2.29.